The summed E-state index contributed by atoms with van der Waals surface area (Å²) in [5, 5.41) is 9.29. The van der Waals surface area contributed by atoms with Gasteiger partial charge in [0, 0.05) is 39.2 Å². The second-order valence-electron chi connectivity index (χ2n) is 4.92. The van der Waals surface area contributed by atoms with Gasteiger partial charge < -0.3 is 14.9 Å². The van der Waals surface area contributed by atoms with Crippen LogP contribution in [0.3, 0.4) is 0 Å². The van der Waals surface area contributed by atoms with Gasteiger partial charge in [0.1, 0.15) is 6.04 Å². The Morgan fingerprint density at radius 2 is 2.05 bits per heavy atom. The van der Waals surface area contributed by atoms with E-state index < -0.39 is 12.0 Å². The molecule has 1 aliphatic heterocycles. The predicted octanol–water partition coefficient (Wildman–Crippen LogP) is 0.981. The van der Waals surface area contributed by atoms with Crippen molar-refractivity contribution >= 4 is 17.6 Å². The fraction of sp³-hybridized carbons (Fsp3) is 0.429. The maximum Gasteiger partial charge on any atom is 0.326 e. The molecule has 0 saturated heterocycles. The highest BCUT2D eigenvalue weighted by Crippen LogP contribution is 2.32. The normalized spacial score (nSPS) is 17.2. The van der Waals surface area contributed by atoms with Gasteiger partial charge in [-0.05, 0) is 11.6 Å². The topological polar surface area (TPSA) is 60.9 Å². The summed E-state index contributed by atoms with van der Waals surface area (Å²) in [6, 6.07) is 7.10. The monoisotopic (exact) mass is 262 g/mol. The molecular formula is C14H18N2O3. The van der Waals surface area contributed by atoms with E-state index in [2.05, 4.69) is 0 Å². The third-order valence-electron chi connectivity index (χ3n) is 3.44. The molecule has 1 unspecified atom stereocenters. The molecule has 19 heavy (non-hydrogen) atoms. The number of carbonyl (C=O) groups is 2. The molecule has 1 aliphatic rings. The van der Waals surface area contributed by atoms with Crippen LogP contribution in [0, 0.1) is 0 Å². The summed E-state index contributed by atoms with van der Waals surface area (Å²) >= 11 is 0. The fourth-order valence-corrected chi connectivity index (χ4v) is 2.39. The Kier molecular flexibility index (Phi) is 3.74. The molecular weight excluding hydrogens is 244 g/mol. The summed E-state index contributed by atoms with van der Waals surface area (Å²) in [4.78, 5) is 26.3. The molecule has 5 heteroatoms. The van der Waals surface area contributed by atoms with Gasteiger partial charge >= 0.3 is 5.97 Å². The maximum atomic E-state index is 11.6. The standard InChI is InChI=1S/C14H18N2O3/c1-15(2)13(17)7-8-16-11-6-4-3-5-10(11)9-12(16)14(18)19/h3-6,12H,7-9H2,1-2H3,(H,18,19). The van der Waals surface area contributed by atoms with Crippen LogP contribution >= 0.6 is 0 Å². The third kappa shape index (κ3) is 2.70. The predicted molar refractivity (Wildman–Crippen MR) is 72.2 cm³/mol. The number of anilines is 1. The van der Waals surface area contributed by atoms with Crippen LogP contribution in [-0.2, 0) is 16.0 Å². The van der Waals surface area contributed by atoms with Crippen LogP contribution in [-0.4, -0.2) is 48.6 Å². The second kappa shape index (κ2) is 5.30. The highest BCUT2D eigenvalue weighted by Gasteiger charge is 2.34. The van der Waals surface area contributed by atoms with E-state index in [0.29, 0.717) is 19.4 Å². The average molecular weight is 262 g/mol. The smallest absolute Gasteiger partial charge is 0.326 e. The van der Waals surface area contributed by atoms with E-state index in [0.717, 1.165) is 11.3 Å². The lowest BCUT2D eigenvalue weighted by Gasteiger charge is -2.25. The molecule has 0 saturated carbocycles. The number of carboxylic acid groups (broad SMARTS) is 1. The number of para-hydroxylation sites is 1. The highest BCUT2D eigenvalue weighted by atomic mass is 16.4. The van der Waals surface area contributed by atoms with E-state index in [-0.39, 0.29) is 5.91 Å². The first kappa shape index (κ1) is 13.4. The van der Waals surface area contributed by atoms with E-state index in [1.165, 1.54) is 4.90 Å². The van der Waals surface area contributed by atoms with Crippen molar-refractivity contribution in [2.24, 2.45) is 0 Å². The Morgan fingerprint density at radius 1 is 1.37 bits per heavy atom. The first-order valence-corrected chi connectivity index (χ1v) is 6.28. The summed E-state index contributed by atoms with van der Waals surface area (Å²) in [6.45, 7) is 0.436. The first-order valence-electron chi connectivity index (χ1n) is 6.28. The molecule has 1 amide bonds. The van der Waals surface area contributed by atoms with Crippen molar-refractivity contribution in [2.45, 2.75) is 18.9 Å². The van der Waals surface area contributed by atoms with E-state index in [1.807, 2.05) is 29.2 Å². The molecule has 1 heterocycles. The van der Waals surface area contributed by atoms with Crippen LogP contribution in [0.2, 0.25) is 0 Å². The van der Waals surface area contributed by atoms with E-state index >= 15 is 0 Å². The maximum absolute atomic E-state index is 11.6. The number of nitrogens with zero attached hydrogens (tertiary/aromatic N) is 2. The van der Waals surface area contributed by atoms with Crippen molar-refractivity contribution in [3.8, 4) is 0 Å². The van der Waals surface area contributed by atoms with Crippen LogP contribution in [0.1, 0.15) is 12.0 Å². The van der Waals surface area contributed by atoms with Gasteiger partial charge in [0.25, 0.3) is 0 Å². The van der Waals surface area contributed by atoms with Gasteiger partial charge in [-0.15, -0.1) is 0 Å². The van der Waals surface area contributed by atoms with E-state index in [9.17, 15) is 14.7 Å². The molecule has 5 nitrogen and oxygen atoms in total. The Morgan fingerprint density at radius 3 is 2.68 bits per heavy atom. The van der Waals surface area contributed by atoms with Crippen LogP contribution in [0.5, 0.6) is 0 Å². The number of hydrogen-bond acceptors (Lipinski definition) is 3. The highest BCUT2D eigenvalue weighted by molar-refractivity contribution is 5.83. The molecule has 0 aromatic heterocycles. The minimum atomic E-state index is -0.839. The van der Waals surface area contributed by atoms with Gasteiger partial charge in [0.2, 0.25) is 5.91 Å². The molecule has 0 radical (unpaired) electrons. The largest absolute Gasteiger partial charge is 0.480 e. The van der Waals surface area contributed by atoms with Crippen molar-refractivity contribution in [1.29, 1.82) is 0 Å². The minimum absolute atomic E-state index is 0.00789. The van der Waals surface area contributed by atoms with Gasteiger partial charge in [0.15, 0.2) is 0 Å². The Hall–Kier alpha value is -2.04. The molecule has 1 atom stereocenters. The lowest BCUT2D eigenvalue weighted by atomic mass is 10.1. The summed E-state index contributed by atoms with van der Waals surface area (Å²) in [5.41, 5.74) is 1.97. The summed E-state index contributed by atoms with van der Waals surface area (Å²) in [7, 11) is 3.41. The van der Waals surface area contributed by atoms with Crippen molar-refractivity contribution in [2.75, 3.05) is 25.5 Å². The lowest BCUT2D eigenvalue weighted by molar-refractivity contribution is -0.138. The summed E-state index contributed by atoms with van der Waals surface area (Å²) in [5.74, 6) is -0.831. The number of rotatable bonds is 4. The first-order chi connectivity index (χ1) is 9.00. The SMILES string of the molecule is CN(C)C(=O)CCN1c2ccccc2CC1C(=O)O. The lowest BCUT2D eigenvalue weighted by Crippen LogP contribution is -2.40. The number of carboxylic acids is 1. The minimum Gasteiger partial charge on any atom is -0.480 e. The Bertz CT molecular complexity index is 499. The zero-order valence-electron chi connectivity index (χ0n) is 11.2. The number of fused-ring (bicyclic) bond motifs is 1. The van der Waals surface area contributed by atoms with Crippen LogP contribution in [0.15, 0.2) is 24.3 Å². The zero-order chi connectivity index (χ0) is 14.0. The molecule has 0 aliphatic carbocycles. The molecule has 0 bridgehead atoms. The quantitative estimate of drug-likeness (QED) is 0.878. The zero-order valence-corrected chi connectivity index (χ0v) is 11.2. The fourth-order valence-electron chi connectivity index (χ4n) is 2.39. The van der Waals surface area contributed by atoms with Crippen molar-refractivity contribution in [3.05, 3.63) is 29.8 Å². The van der Waals surface area contributed by atoms with Crippen LogP contribution < -0.4 is 4.90 Å². The second-order valence-corrected chi connectivity index (χ2v) is 4.92. The molecule has 102 valence electrons. The van der Waals surface area contributed by atoms with E-state index in [1.54, 1.807) is 14.1 Å². The molecule has 0 spiro atoms. The number of hydrogen-bond donors (Lipinski definition) is 1. The molecule has 1 aromatic rings. The Labute approximate surface area is 112 Å². The van der Waals surface area contributed by atoms with Gasteiger partial charge in [-0.3, -0.25) is 4.79 Å². The van der Waals surface area contributed by atoms with Crippen molar-refractivity contribution in [1.82, 2.24) is 4.90 Å². The third-order valence-corrected chi connectivity index (χ3v) is 3.44. The summed E-state index contributed by atoms with van der Waals surface area (Å²) in [6.07, 6.45) is 0.826. The van der Waals surface area contributed by atoms with Gasteiger partial charge in [-0.1, -0.05) is 18.2 Å². The van der Waals surface area contributed by atoms with Gasteiger partial charge in [0.05, 0.1) is 0 Å². The number of aliphatic carboxylic acids is 1. The van der Waals surface area contributed by atoms with Crippen LogP contribution in [0.4, 0.5) is 5.69 Å². The van der Waals surface area contributed by atoms with Crippen molar-refractivity contribution in [3.63, 3.8) is 0 Å². The average Bonchev–Trinajstić information content (AvgIpc) is 2.74. The molecule has 1 aromatic carbocycles. The molecule has 0 fully saturated rings. The van der Waals surface area contributed by atoms with Crippen LogP contribution in [0.25, 0.3) is 0 Å². The van der Waals surface area contributed by atoms with E-state index in [4.69, 9.17) is 0 Å². The number of benzene rings is 1. The Balaban J connectivity index is 2.15. The summed E-state index contributed by atoms with van der Waals surface area (Å²) < 4.78 is 0. The molecule has 2 rings (SSSR count). The molecule has 1 N–H and O–H groups in total. The van der Waals surface area contributed by atoms with Crippen molar-refractivity contribution < 1.29 is 14.7 Å². The number of amides is 1. The van der Waals surface area contributed by atoms with Gasteiger partial charge in [-0.2, -0.15) is 0 Å². The number of carbonyl (C=O) groups excluding carboxylic acids is 1. The van der Waals surface area contributed by atoms with Gasteiger partial charge in [-0.25, -0.2) is 4.79 Å².